The first-order chi connectivity index (χ1) is 6.02. The highest BCUT2D eigenvalue weighted by Crippen LogP contribution is 2.16. The molecule has 70 valence electrons. The Bertz CT molecular complexity index is 351. The minimum atomic E-state index is -1.23. The quantitative estimate of drug-likeness (QED) is 0.589. The van der Waals surface area contributed by atoms with Crippen molar-refractivity contribution in [1.29, 1.82) is 0 Å². The van der Waals surface area contributed by atoms with Gasteiger partial charge in [0, 0.05) is 12.0 Å². The summed E-state index contributed by atoms with van der Waals surface area (Å²) in [6.45, 7) is 0. The second-order valence-corrected chi connectivity index (χ2v) is 2.99. The molecule has 0 unspecified atom stereocenters. The van der Waals surface area contributed by atoms with Gasteiger partial charge in [-0.25, -0.2) is 13.2 Å². The third-order valence-corrected chi connectivity index (χ3v) is 1.63. The van der Waals surface area contributed by atoms with Crippen molar-refractivity contribution in [3.63, 3.8) is 0 Å². The number of rotatable bonds is 2. The normalized spacial score (nSPS) is 10.1. The molecule has 0 spiro atoms. The second-order valence-electron chi connectivity index (χ2n) is 2.46. The fourth-order valence-electron chi connectivity index (χ4n) is 0.905. The summed E-state index contributed by atoms with van der Waals surface area (Å²) in [4.78, 5) is -0.0802. The number of hydrogen-bond donors (Lipinski definition) is 1. The summed E-state index contributed by atoms with van der Waals surface area (Å²) >= 11 is 4.46. The van der Waals surface area contributed by atoms with Crippen LogP contribution in [0.4, 0.5) is 13.2 Å². The molecule has 1 nitrogen and oxygen atoms in total. The zero-order valence-corrected chi connectivity index (χ0v) is 7.30. The molecule has 0 aliphatic rings. The third-order valence-electron chi connectivity index (χ3n) is 1.49. The predicted octanol–water partition coefficient (Wildman–Crippen LogP) is 1.93. The van der Waals surface area contributed by atoms with Gasteiger partial charge in [0.05, 0.1) is 4.99 Å². The molecule has 0 fully saturated rings. The molecule has 0 aliphatic carbocycles. The van der Waals surface area contributed by atoms with Crippen molar-refractivity contribution in [2.24, 2.45) is 5.73 Å². The van der Waals surface area contributed by atoms with Gasteiger partial charge in [0.15, 0.2) is 11.6 Å². The highest BCUT2D eigenvalue weighted by molar-refractivity contribution is 7.80. The molecule has 0 radical (unpaired) electrons. The van der Waals surface area contributed by atoms with Crippen LogP contribution in [0.3, 0.4) is 0 Å². The van der Waals surface area contributed by atoms with Crippen LogP contribution in [0.15, 0.2) is 12.1 Å². The van der Waals surface area contributed by atoms with Gasteiger partial charge in [0.2, 0.25) is 0 Å². The Morgan fingerprint density at radius 2 is 1.77 bits per heavy atom. The molecule has 0 aromatic heterocycles. The van der Waals surface area contributed by atoms with Crippen molar-refractivity contribution in [2.45, 2.75) is 6.42 Å². The Hall–Kier alpha value is -1.10. The topological polar surface area (TPSA) is 26.0 Å². The molecule has 0 atom stereocenters. The van der Waals surface area contributed by atoms with Crippen LogP contribution in [0.1, 0.15) is 5.56 Å². The Morgan fingerprint density at radius 3 is 2.31 bits per heavy atom. The van der Waals surface area contributed by atoms with Crippen LogP contribution in [0.2, 0.25) is 0 Å². The minimum Gasteiger partial charge on any atom is -0.393 e. The number of hydrogen-bond acceptors (Lipinski definition) is 1. The maximum absolute atomic E-state index is 12.9. The van der Waals surface area contributed by atoms with Crippen LogP contribution in [0.5, 0.6) is 0 Å². The molecule has 0 heterocycles. The highest BCUT2D eigenvalue weighted by Gasteiger charge is 2.13. The maximum Gasteiger partial charge on any atom is 0.165 e. The van der Waals surface area contributed by atoms with Crippen molar-refractivity contribution in [1.82, 2.24) is 0 Å². The SMILES string of the molecule is NC(=S)Cc1c(F)ccc(F)c1F. The van der Waals surface area contributed by atoms with Gasteiger partial charge >= 0.3 is 0 Å². The van der Waals surface area contributed by atoms with Gasteiger partial charge in [0.1, 0.15) is 5.82 Å². The van der Waals surface area contributed by atoms with Crippen LogP contribution >= 0.6 is 12.2 Å². The van der Waals surface area contributed by atoms with Crippen LogP contribution < -0.4 is 5.73 Å². The van der Waals surface area contributed by atoms with Gasteiger partial charge in [0.25, 0.3) is 0 Å². The summed E-state index contributed by atoms with van der Waals surface area (Å²) in [5.41, 5.74) is 4.66. The molecule has 1 aromatic rings. The first kappa shape index (κ1) is 9.98. The van der Waals surface area contributed by atoms with Crippen LogP contribution in [-0.2, 0) is 6.42 Å². The van der Waals surface area contributed by atoms with Crippen molar-refractivity contribution in [3.8, 4) is 0 Å². The molecule has 1 aromatic carbocycles. The van der Waals surface area contributed by atoms with Gasteiger partial charge in [-0.05, 0) is 12.1 Å². The van der Waals surface area contributed by atoms with E-state index in [1.54, 1.807) is 0 Å². The number of nitrogens with two attached hydrogens (primary N) is 1. The largest absolute Gasteiger partial charge is 0.393 e. The molecule has 5 heteroatoms. The smallest absolute Gasteiger partial charge is 0.165 e. The van der Waals surface area contributed by atoms with E-state index >= 15 is 0 Å². The molecular weight excluding hydrogens is 199 g/mol. The Labute approximate surface area is 78.4 Å². The molecule has 0 saturated heterocycles. The standard InChI is InChI=1S/C8H6F3NS/c9-5-1-2-6(10)8(11)4(5)3-7(12)13/h1-2H,3H2,(H2,12,13). The highest BCUT2D eigenvalue weighted by atomic mass is 32.1. The summed E-state index contributed by atoms with van der Waals surface area (Å²) in [6.07, 6.45) is -0.273. The van der Waals surface area contributed by atoms with Gasteiger partial charge in [-0.2, -0.15) is 0 Å². The molecule has 1 rings (SSSR count). The monoisotopic (exact) mass is 205 g/mol. The van der Waals surface area contributed by atoms with Crippen LogP contribution in [0, 0.1) is 17.5 Å². The van der Waals surface area contributed by atoms with E-state index in [2.05, 4.69) is 12.2 Å². The molecule has 2 N–H and O–H groups in total. The minimum absolute atomic E-state index is 0.0802. The fraction of sp³-hybridized carbons (Fsp3) is 0.125. The zero-order valence-electron chi connectivity index (χ0n) is 6.48. The number of halogens is 3. The average Bonchev–Trinajstić information content (AvgIpc) is 2.05. The summed E-state index contributed by atoms with van der Waals surface area (Å²) in [5, 5.41) is 0. The lowest BCUT2D eigenvalue weighted by Crippen LogP contribution is -2.14. The molecular formula is C8H6F3NS. The van der Waals surface area contributed by atoms with E-state index in [4.69, 9.17) is 5.73 Å². The van der Waals surface area contributed by atoms with Gasteiger partial charge < -0.3 is 5.73 Å². The van der Waals surface area contributed by atoms with E-state index in [0.717, 1.165) is 6.07 Å². The summed E-state index contributed by atoms with van der Waals surface area (Å²) in [7, 11) is 0. The lowest BCUT2D eigenvalue weighted by Gasteiger charge is -2.03. The van der Waals surface area contributed by atoms with E-state index in [-0.39, 0.29) is 11.4 Å². The lowest BCUT2D eigenvalue weighted by molar-refractivity contribution is 0.484. The number of thiocarbonyl (C=S) groups is 1. The van der Waals surface area contributed by atoms with Crippen molar-refractivity contribution >= 4 is 17.2 Å². The van der Waals surface area contributed by atoms with Crippen molar-refractivity contribution in [3.05, 3.63) is 35.1 Å². The van der Waals surface area contributed by atoms with Gasteiger partial charge in [-0.1, -0.05) is 12.2 Å². The van der Waals surface area contributed by atoms with Gasteiger partial charge in [-0.15, -0.1) is 0 Å². The van der Waals surface area contributed by atoms with Crippen LogP contribution in [0.25, 0.3) is 0 Å². The molecule has 0 bridgehead atoms. The molecule has 13 heavy (non-hydrogen) atoms. The van der Waals surface area contributed by atoms with Gasteiger partial charge in [-0.3, -0.25) is 0 Å². The summed E-state index contributed by atoms with van der Waals surface area (Å²) < 4.78 is 38.3. The van der Waals surface area contributed by atoms with E-state index < -0.39 is 23.0 Å². The lowest BCUT2D eigenvalue weighted by atomic mass is 10.1. The summed E-state index contributed by atoms with van der Waals surface area (Å²) in [5.74, 6) is -3.17. The Balaban J connectivity index is 3.17. The molecule has 0 aliphatic heterocycles. The Morgan fingerprint density at radius 1 is 1.23 bits per heavy atom. The van der Waals surface area contributed by atoms with Crippen LogP contribution in [-0.4, -0.2) is 4.99 Å². The van der Waals surface area contributed by atoms with Crippen molar-refractivity contribution in [2.75, 3.05) is 0 Å². The molecule has 0 amide bonds. The molecule has 0 saturated carbocycles. The van der Waals surface area contributed by atoms with E-state index in [1.165, 1.54) is 0 Å². The van der Waals surface area contributed by atoms with Crippen molar-refractivity contribution < 1.29 is 13.2 Å². The van der Waals surface area contributed by atoms with E-state index in [9.17, 15) is 13.2 Å². The zero-order chi connectivity index (χ0) is 10.0. The second kappa shape index (κ2) is 3.74. The predicted molar refractivity (Wildman–Crippen MR) is 46.8 cm³/mol. The average molecular weight is 205 g/mol. The summed E-state index contributed by atoms with van der Waals surface area (Å²) in [6, 6.07) is 1.56. The fourth-order valence-corrected chi connectivity index (χ4v) is 1.05. The first-order valence-electron chi connectivity index (χ1n) is 3.43. The first-order valence-corrected chi connectivity index (χ1v) is 3.84. The third kappa shape index (κ3) is 2.18. The van der Waals surface area contributed by atoms with E-state index in [0.29, 0.717) is 6.07 Å². The maximum atomic E-state index is 12.9. The number of benzene rings is 1. The van der Waals surface area contributed by atoms with E-state index in [1.807, 2.05) is 0 Å². The Kier molecular flexibility index (Phi) is 2.87.